The molecule has 0 saturated carbocycles. The van der Waals surface area contributed by atoms with E-state index < -0.39 is 5.97 Å². The van der Waals surface area contributed by atoms with Crippen LogP contribution in [0.1, 0.15) is 12.8 Å². The van der Waals surface area contributed by atoms with E-state index in [2.05, 4.69) is 0 Å². The molecule has 0 amide bonds. The van der Waals surface area contributed by atoms with Crippen LogP contribution in [0.5, 0.6) is 0 Å². The molecular weight excluding hydrogens is 138 g/mol. The van der Waals surface area contributed by atoms with E-state index in [1.54, 1.807) is 0 Å². The first-order valence-electron chi connectivity index (χ1n) is 2.67. The zero-order valence-corrected chi connectivity index (χ0v) is 6.15. The summed E-state index contributed by atoms with van der Waals surface area (Å²) >= 11 is 1.48. The summed E-state index contributed by atoms with van der Waals surface area (Å²) in [5.41, 5.74) is 5.42. The number of carboxylic acid groups (broad SMARTS) is 1. The largest absolute Gasteiger partial charge is 0.481 e. The standard InChI is InChI=1S/C5H11NO2S/c1-9-4(6)2-3-5(7)8/h4H,2-3,6H2,1H3,(H,7,8). The predicted octanol–water partition coefficient (Wildman–Crippen LogP) is 0.499. The van der Waals surface area contributed by atoms with Crippen LogP contribution in [-0.4, -0.2) is 22.7 Å². The first kappa shape index (κ1) is 8.78. The summed E-state index contributed by atoms with van der Waals surface area (Å²) in [6, 6.07) is 0. The molecule has 0 aromatic heterocycles. The zero-order chi connectivity index (χ0) is 7.28. The smallest absolute Gasteiger partial charge is 0.303 e. The molecular formula is C5H11NO2S. The van der Waals surface area contributed by atoms with Crippen molar-refractivity contribution in [1.82, 2.24) is 0 Å². The lowest BCUT2D eigenvalue weighted by atomic mass is 10.3. The number of hydrogen-bond acceptors (Lipinski definition) is 3. The van der Waals surface area contributed by atoms with Crippen LogP contribution in [0.25, 0.3) is 0 Å². The van der Waals surface area contributed by atoms with Gasteiger partial charge in [-0.3, -0.25) is 4.79 Å². The summed E-state index contributed by atoms with van der Waals surface area (Å²) in [6.45, 7) is 0. The molecule has 0 aromatic rings. The zero-order valence-electron chi connectivity index (χ0n) is 5.33. The molecule has 9 heavy (non-hydrogen) atoms. The summed E-state index contributed by atoms with van der Waals surface area (Å²) in [6.07, 6.45) is 2.59. The van der Waals surface area contributed by atoms with Gasteiger partial charge in [-0.25, -0.2) is 0 Å². The molecule has 4 heteroatoms. The van der Waals surface area contributed by atoms with Crippen molar-refractivity contribution in [2.75, 3.05) is 6.26 Å². The molecule has 0 aromatic carbocycles. The molecule has 0 aliphatic heterocycles. The third-order valence-corrected chi connectivity index (χ3v) is 1.79. The van der Waals surface area contributed by atoms with Crippen molar-refractivity contribution in [1.29, 1.82) is 0 Å². The SMILES string of the molecule is CSC(N)CCC(=O)O. The molecule has 0 aliphatic rings. The van der Waals surface area contributed by atoms with Crippen LogP contribution in [0.15, 0.2) is 0 Å². The lowest BCUT2D eigenvalue weighted by molar-refractivity contribution is -0.137. The summed E-state index contributed by atoms with van der Waals surface area (Å²) in [7, 11) is 0. The maximum absolute atomic E-state index is 9.95. The van der Waals surface area contributed by atoms with Gasteiger partial charge in [-0.2, -0.15) is 0 Å². The third-order valence-electron chi connectivity index (χ3n) is 0.945. The number of rotatable bonds is 4. The number of carbonyl (C=O) groups is 1. The summed E-state index contributed by atoms with van der Waals surface area (Å²) < 4.78 is 0. The van der Waals surface area contributed by atoms with Gasteiger partial charge in [0.1, 0.15) is 0 Å². The van der Waals surface area contributed by atoms with E-state index in [1.165, 1.54) is 11.8 Å². The van der Waals surface area contributed by atoms with Crippen LogP contribution in [0.3, 0.4) is 0 Å². The van der Waals surface area contributed by atoms with Crippen molar-refractivity contribution in [2.24, 2.45) is 5.73 Å². The maximum Gasteiger partial charge on any atom is 0.303 e. The molecule has 3 N–H and O–H groups in total. The van der Waals surface area contributed by atoms with Crippen LogP contribution in [0.4, 0.5) is 0 Å². The molecule has 0 spiro atoms. The van der Waals surface area contributed by atoms with Crippen LogP contribution >= 0.6 is 11.8 Å². The molecule has 1 unspecified atom stereocenters. The quantitative estimate of drug-likeness (QED) is 0.571. The highest BCUT2D eigenvalue weighted by Gasteiger charge is 2.02. The van der Waals surface area contributed by atoms with Crippen LogP contribution in [0, 0.1) is 0 Å². The molecule has 1 atom stereocenters. The third kappa shape index (κ3) is 5.65. The summed E-state index contributed by atoms with van der Waals surface area (Å²) in [5, 5.41) is 8.17. The van der Waals surface area contributed by atoms with Gasteiger partial charge >= 0.3 is 5.97 Å². The minimum absolute atomic E-state index is 0.0268. The molecule has 54 valence electrons. The summed E-state index contributed by atoms with van der Waals surface area (Å²) in [5.74, 6) is -0.778. The molecule has 0 rings (SSSR count). The number of nitrogens with two attached hydrogens (primary N) is 1. The lowest BCUT2D eigenvalue weighted by Crippen LogP contribution is -2.15. The normalized spacial score (nSPS) is 13.1. The monoisotopic (exact) mass is 149 g/mol. The Balaban J connectivity index is 3.16. The van der Waals surface area contributed by atoms with Gasteiger partial charge in [0.2, 0.25) is 0 Å². The van der Waals surface area contributed by atoms with E-state index in [9.17, 15) is 4.79 Å². The Kier molecular flexibility index (Phi) is 4.53. The van der Waals surface area contributed by atoms with Crippen molar-refractivity contribution >= 4 is 17.7 Å². The van der Waals surface area contributed by atoms with E-state index in [0.717, 1.165) is 0 Å². The average Bonchev–Trinajstić information content (AvgIpc) is 1.83. The van der Waals surface area contributed by atoms with Crippen LogP contribution < -0.4 is 5.73 Å². The minimum atomic E-state index is -0.778. The highest BCUT2D eigenvalue weighted by Crippen LogP contribution is 2.05. The highest BCUT2D eigenvalue weighted by atomic mass is 32.2. The minimum Gasteiger partial charge on any atom is -0.481 e. The van der Waals surface area contributed by atoms with Gasteiger partial charge in [-0.05, 0) is 12.7 Å². The number of hydrogen-bond donors (Lipinski definition) is 2. The Bertz CT molecular complexity index is 97.0. The van der Waals surface area contributed by atoms with E-state index in [0.29, 0.717) is 6.42 Å². The van der Waals surface area contributed by atoms with Crippen molar-refractivity contribution in [3.8, 4) is 0 Å². The van der Waals surface area contributed by atoms with Gasteiger partial charge in [-0.1, -0.05) is 0 Å². The van der Waals surface area contributed by atoms with Crippen molar-refractivity contribution in [2.45, 2.75) is 18.2 Å². The molecule has 0 aliphatic carbocycles. The Hall–Kier alpha value is -0.220. The maximum atomic E-state index is 9.95. The fourth-order valence-electron chi connectivity index (χ4n) is 0.384. The molecule has 0 fully saturated rings. The van der Waals surface area contributed by atoms with E-state index in [4.69, 9.17) is 10.8 Å². The van der Waals surface area contributed by atoms with Gasteiger partial charge in [0.25, 0.3) is 0 Å². The van der Waals surface area contributed by atoms with Gasteiger partial charge < -0.3 is 10.8 Å². The van der Waals surface area contributed by atoms with E-state index >= 15 is 0 Å². The topological polar surface area (TPSA) is 63.3 Å². The molecule has 3 nitrogen and oxygen atoms in total. The number of carboxylic acids is 1. The summed E-state index contributed by atoms with van der Waals surface area (Å²) in [4.78, 5) is 9.95. The molecule has 0 bridgehead atoms. The van der Waals surface area contributed by atoms with E-state index in [-0.39, 0.29) is 11.8 Å². The van der Waals surface area contributed by atoms with Crippen LogP contribution in [-0.2, 0) is 4.79 Å². The van der Waals surface area contributed by atoms with Crippen molar-refractivity contribution in [3.63, 3.8) is 0 Å². The van der Waals surface area contributed by atoms with E-state index in [1.807, 2.05) is 6.26 Å². The Morgan fingerprint density at radius 3 is 2.78 bits per heavy atom. The van der Waals surface area contributed by atoms with Crippen LogP contribution in [0.2, 0.25) is 0 Å². The Morgan fingerprint density at radius 1 is 1.89 bits per heavy atom. The highest BCUT2D eigenvalue weighted by molar-refractivity contribution is 7.99. The number of aliphatic carboxylic acids is 1. The fraction of sp³-hybridized carbons (Fsp3) is 0.800. The fourth-order valence-corrected chi connectivity index (χ4v) is 0.737. The second kappa shape index (κ2) is 4.64. The lowest BCUT2D eigenvalue weighted by Gasteiger charge is -2.03. The van der Waals surface area contributed by atoms with Crippen molar-refractivity contribution < 1.29 is 9.90 Å². The molecule has 0 radical (unpaired) electrons. The van der Waals surface area contributed by atoms with Gasteiger partial charge in [0.05, 0.1) is 5.37 Å². The Morgan fingerprint density at radius 2 is 2.44 bits per heavy atom. The van der Waals surface area contributed by atoms with Gasteiger partial charge in [-0.15, -0.1) is 11.8 Å². The molecule has 0 saturated heterocycles. The van der Waals surface area contributed by atoms with Crippen molar-refractivity contribution in [3.05, 3.63) is 0 Å². The van der Waals surface area contributed by atoms with Gasteiger partial charge in [0.15, 0.2) is 0 Å². The first-order valence-corrected chi connectivity index (χ1v) is 3.95. The average molecular weight is 149 g/mol. The second-order valence-electron chi connectivity index (χ2n) is 1.71. The van der Waals surface area contributed by atoms with Gasteiger partial charge in [0, 0.05) is 6.42 Å². The Labute approximate surface area is 58.6 Å². The number of thioether (sulfide) groups is 1. The predicted molar refractivity (Wildman–Crippen MR) is 38.4 cm³/mol. The second-order valence-corrected chi connectivity index (χ2v) is 2.78. The molecule has 0 heterocycles. The first-order chi connectivity index (χ1) is 4.16.